The molecule has 3 rings (SSSR count). The summed E-state index contributed by atoms with van der Waals surface area (Å²) in [7, 11) is 0. The van der Waals surface area contributed by atoms with Crippen molar-refractivity contribution in [3.8, 4) is 0 Å². The van der Waals surface area contributed by atoms with Gasteiger partial charge in [0.15, 0.2) is 5.78 Å². The van der Waals surface area contributed by atoms with Gasteiger partial charge in [0.1, 0.15) is 11.1 Å². The van der Waals surface area contributed by atoms with Gasteiger partial charge in [-0.25, -0.2) is 4.79 Å². The molecule has 0 saturated carbocycles. The first-order valence-electron chi connectivity index (χ1n) is 7.45. The summed E-state index contributed by atoms with van der Waals surface area (Å²) in [5.41, 5.74) is 0.691. The Balaban J connectivity index is 1.86. The summed E-state index contributed by atoms with van der Waals surface area (Å²) in [6.07, 6.45) is 7.55. The molecular weight excluding hydrogens is 292 g/mol. The second-order valence-electron chi connectivity index (χ2n) is 5.22. The molecule has 5 heteroatoms. The van der Waals surface area contributed by atoms with Crippen molar-refractivity contribution in [3.05, 3.63) is 70.3 Å². The third-order valence-electron chi connectivity index (χ3n) is 3.44. The fraction of sp³-hybridized carbons (Fsp3) is 0.167. The maximum Gasteiger partial charge on any atom is 0.347 e. The number of hydrogen-bond donors (Lipinski definition) is 0. The molecule has 2 heterocycles. The van der Waals surface area contributed by atoms with Crippen molar-refractivity contribution in [1.82, 2.24) is 9.78 Å². The van der Waals surface area contributed by atoms with E-state index < -0.39 is 5.63 Å². The van der Waals surface area contributed by atoms with E-state index in [0.29, 0.717) is 5.58 Å². The monoisotopic (exact) mass is 308 g/mol. The largest absolute Gasteiger partial charge is 0.422 e. The van der Waals surface area contributed by atoms with E-state index in [1.165, 1.54) is 6.08 Å². The minimum Gasteiger partial charge on any atom is -0.422 e. The Hall–Kier alpha value is -2.95. The van der Waals surface area contributed by atoms with Crippen molar-refractivity contribution in [2.45, 2.75) is 19.9 Å². The molecule has 0 radical (unpaired) electrons. The molecule has 5 nitrogen and oxygen atoms in total. The molecule has 1 aromatic carbocycles. The number of aromatic nitrogens is 2. The van der Waals surface area contributed by atoms with Crippen LogP contribution in [0, 0.1) is 0 Å². The number of para-hydroxylation sites is 1. The molecule has 0 aliphatic heterocycles. The molecule has 2 aromatic heterocycles. The summed E-state index contributed by atoms with van der Waals surface area (Å²) >= 11 is 0. The smallest absolute Gasteiger partial charge is 0.347 e. The number of benzene rings is 1. The van der Waals surface area contributed by atoms with E-state index in [0.717, 1.165) is 23.9 Å². The van der Waals surface area contributed by atoms with Crippen molar-refractivity contribution in [2.75, 3.05) is 0 Å². The summed E-state index contributed by atoms with van der Waals surface area (Å²) in [5, 5.41) is 4.91. The normalized spacial score (nSPS) is 11.3. The SMILES string of the molecule is CCCn1cc(/C=C/C(=O)c2cc3ccccc3oc2=O)cn1. The fourth-order valence-electron chi connectivity index (χ4n) is 2.31. The topological polar surface area (TPSA) is 65.1 Å². The Labute approximate surface area is 132 Å². The van der Waals surface area contributed by atoms with Crippen molar-refractivity contribution >= 4 is 22.8 Å². The molecule has 0 atom stereocenters. The molecule has 0 aliphatic rings. The zero-order chi connectivity index (χ0) is 16.2. The quantitative estimate of drug-likeness (QED) is 0.412. The number of carbonyl (C=O) groups is 1. The van der Waals surface area contributed by atoms with Crippen LogP contribution >= 0.6 is 0 Å². The lowest BCUT2D eigenvalue weighted by Crippen LogP contribution is -2.11. The van der Waals surface area contributed by atoms with Crippen LogP contribution < -0.4 is 5.63 Å². The number of aryl methyl sites for hydroxylation is 1. The highest BCUT2D eigenvalue weighted by atomic mass is 16.4. The Morgan fingerprint density at radius 2 is 2.17 bits per heavy atom. The molecule has 0 fully saturated rings. The summed E-state index contributed by atoms with van der Waals surface area (Å²) in [4.78, 5) is 24.2. The molecule has 0 unspecified atom stereocenters. The van der Waals surface area contributed by atoms with Crippen molar-refractivity contribution in [3.63, 3.8) is 0 Å². The molecule has 0 saturated heterocycles. The van der Waals surface area contributed by atoms with Gasteiger partial charge in [-0.3, -0.25) is 9.48 Å². The van der Waals surface area contributed by atoms with E-state index in [2.05, 4.69) is 12.0 Å². The van der Waals surface area contributed by atoms with Gasteiger partial charge < -0.3 is 4.42 Å². The highest BCUT2D eigenvalue weighted by molar-refractivity contribution is 6.07. The Kier molecular flexibility index (Phi) is 4.19. The average molecular weight is 308 g/mol. The fourth-order valence-corrected chi connectivity index (χ4v) is 2.31. The van der Waals surface area contributed by atoms with Crippen molar-refractivity contribution in [2.24, 2.45) is 0 Å². The minimum absolute atomic E-state index is 0.0286. The van der Waals surface area contributed by atoms with E-state index in [9.17, 15) is 9.59 Å². The Morgan fingerprint density at radius 3 is 3.00 bits per heavy atom. The van der Waals surface area contributed by atoms with Gasteiger partial charge in [-0.15, -0.1) is 0 Å². The summed E-state index contributed by atoms with van der Waals surface area (Å²) in [6, 6.07) is 8.67. The maximum absolute atomic E-state index is 12.2. The van der Waals surface area contributed by atoms with Gasteiger partial charge in [-0.1, -0.05) is 25.1 Å². The second kappa shape index (κ2) is 6.44. The third-order valence-corrected chi connectivity index (χ3v) is 3.44. The van der Waals surface area contributed by atoms with Crippen LogP contribution in [0.5, 0.6) is 0 Å². The number of allylic oxidation sites excluding steroid dienone is 1. The lowest BCUT2D eigenvalue weighted by Gasteiger charge is -1.98. The van der Waals surface area contributed by atoms with E-state index >= 15 is 0 Å². The highest BCUT2D eigenvalue weighted by Gasteiger charge is 2.11. The van der Waals surface area contributed by atoms with Gasteiger partial charge in [0.05, 0.1) is 6.20 Å². The zero-order valence-corrected chi connectivity index (χ0v) is 12.7. The van der Waals surface area contributed by atoms with Gasteiger partial charge in [0, 0.05) is 23.7 Å². The zero-order valence-electron chi connectivity index (χ0n) is 12.7. The standard InChI is InChI=1S/C18H16N2O3/c1-2-9-20-12-13(11-19-20)7-8-16(21)15-10-14-5-3-4-6-17(14)23-18(15)22/h3-8,10-12H,2,9H2,1H3/b8-7+. The second-order valence-corrected chi connectivity index (χ2v) is 5.22. The van der Waals surface area contributed by atoms with Gasteiger partial charge in [-0.2, -0.15) is 5.10 Å². The first kappa shape index (κ1) is 15.0. The molecule has 3 aromatic rings. The number of nitrogens with zero attached hydrogens (tertiary/aromatic N) is 2. The number of carbonyl (C=O) groups excluding carboxylic acids is 1. The van der Waals surface area contributed by atoms with Crippen LogP contribution in [0.25, 0.3) is 17.0 Å². The predicted octanol–water partition coefficient (Wildman–Crippen LogP) is 3.30. The number of fused-ring (bicyclic) bond motifs is 1. The van der Waals surface area contributed by atoms with Crippen LogP contribution in [0.4, 0.5) is 0 Å². The van der Waals surface area contributed by atoms with Crippen LogP contribution in [0.3, 0.4) is 0 Å². The molecule has 0 spiro atoms. The van der Waals surface area contributed by atoms with Crippen LogP contribution in [0.2, 0.25) is 0 Å². The molecule has 116 valence electrons. The molecule has 0 bridgehead atoms. The molecule has 0 amide bonds. The van der Waals surface area contributed by atoms with Crippen LogP contribution in [0.1, 0.15) is 29.3 Å². The first-order valence-corrected chi connectivity index (χ1v) is 7.45. The van der Waals surface area contributed by atoms with Gasteiger partial charge in [0.2, 0.25) is 0 Å². The van der Waals surface area contributed by atoms with Gasteiger partial charge in [0.25, 0.3) is 0 Å². The molecule has 23 heavy (non-hydrogen) atoms. The number of rotatable bonds is 5. The maximum atomic E-state index is 12.2. The van der Waals surface area contributed by atoms with Crippen molar-refractivity contribution < 1.29 is 9.21 Å². The van der Waals surface area contributed by atoms with E-state index in [1.807, 2.05) is 16.9 Å². The lowest BCUT2D eigenvalue weighted by molar-refractivity contribution is 0.104. The first-order chi connectivity index (χ1) is 11.2. The summed E-state index contributed by atoms with van der Waals surface area (Å²) in [6.45, 7) is 2.90. The van der Waals surface area contributed by atoms with Gasteiger partial charge in [-0.05, 0) is 30.7 Å². The molecule has 0 N–H and O–H groups in total. The van der Waals surface area contributed by atoms with Crippen LogP contribution in [-0.2, 0) is 6.54 Å². The molecule has 0 aliphatic carbocycles. The predicted molar refractivity (Wildman–Crippen MR) is 88.4 cm³/mol. The van der Waals surface area contributed by atoms with Gasteiger partial charge >= 0.3 is 5.63 Å². The van der Waals surface area contributed by atoms with Crippen molar-refractivity contribution in [1.29, 1.82) is 0 Å². The highest BCUT2D eigenvalue weighted by Crippen LogP contribution is 2.13. The number of ketones is 1. The molecular formula is C18H16N2O3. The summed E-state index contributed by atoms with van der Waals surface area (Å²) < 4.78 is 6.99. The van der Waals surface area contributed by atoms with E-state index in [-0.39, 0.29) is 11.3 Å². The van der Waals surface area contributed by atoms with Crippen LogP contribution in [-0.4, -0.2) is 15.6 Å². The minimum atomic E-state index is -0.625. The summed E-state index contributed by atoms with van der Waals surface area (Å²) in [5.74, 6) is -0.382. The number of hydrogen-bond acceptors (Lipinski definition) is 4. The van der Waals surface area contributed by atoms with E-state index in [1.54, 1.807) is 36.5 Å². The Morgan fingerprint density at radius 1 is 1.35 bits per heavy atom. The van der Waals surface area contributed by atoms with E-state index in [4.69, 9.17) is 4.42 Å². The third kappa shape index (κ3) is 3.29. The average Bonchev–Trinajstić information content (AvgIpc) is 3.00. The van der Waals surface area contributed by atoms with Crippen LogP contribution in [0.15, 0.2) is 58.0 Å². The Bertz CT molecular complexity index is 935. The lowest BCUT2D eigenvalue weighted by atomic mass is 10.1.